The molecular formula is C21H24N2O5. The predicted molar refractivity (Wildman–Crippen MR) is 105 cm³/mol. The third-order valence-electron chi connectivity index (χ3n) is 4.59. The number of amides is 1. The Kier molecular flexibility index (Phi) is 6.13. The summed E-state index contributed by atoms with van der Waals surface area (Å²) >= 11 is 0. The molecule has 0 fully saturated rings. The van der Waals surface area contributed by atoms with E-state index in [-0.39, 0.29) is 24.7 Å². The van der Waals surface area contributed by atoms with E-state index in [2.05, 4.69) is 5.32 Å². The van der Waals surface area contributed by atoms with Crippen LogP contribution < -0.4 is 15.5 Å². The number of carbonyl (C=O) groups is 2. The van der Waals surface area contributed by atoms with Gasteiger partial charge in [0.2, 0.25) is 0 Å². The predicted octanol–water partition coefficient (Wildman–Crippen LogP) is 2.69. The van der Waals surface area contributed by atoms with Gasteiger partial charge in [0.05, 0.1) is 6.61 Å². The highest BCUT2D eigenvalue weighted by Gasteiger charge is 2.25. The summed E-state index contributed by atoms with van der Waals surface area (Å²) in [4.78, 5) is 36.9. The van der Waals surface area contributed by atoms with Gasteiger partial charge in [-0.1, -0.05) is 17.7 Å². The standard InChI is InChI=1S/C21H24N2O5/c1-3-27-21(26)20-16-6-4-5-11-23(16)19(12-17(20)24)28-13-18(25)22-15-9-7-14(2)8-10-15/h7-10,12H,3-6,11,13H2,1-2H3,(H,22,25). The van der Waals surface area contributed by atoms with Gasteiger partial charge < -0.3 is 19.4 Å². The zero-order valence-electron chi connectivity index (χ0n) is 16.1. The van der Waals surface area contributed by atoms with Crippen molar-refractivity contribution in [3.05, 3.63) is 57.4 Å². The molecule has 148 valence electrons. The SMILES string of the molecule is CCOC(=O)c1c2n(c(OCC(=O)Nc3ccc(C)cc3)cc1=O)CCCC2. The first kappa shape index (κ1) is 19.7. The average Bonchev–Trinajstić information content (AvgIpc) is 2.68. The van der Waals surface area contributed by atoms with Crippen LogP contribution in [0.3, 0.4) is 0 Å². The molecule has 0 bridgehead atoms. The molecule has 0 saturated heterocycles. The lowest BCUT2D eigenvalue weighted by Gasteiger charge is -2.24. The number of benzene rings is 1. The van der Waals surface area contributed by atoms with Gasteiger partial charge in [0, 0.05) is 24.0 Å². The number of nitrogens with one attached hydrogen (secondary N) is 1. The fourth-order valence-corrected chi connectivity index (χ4v) is 3.25. The number of nitrogens with zero attached hydrogens (tertiary/aromatic N) is 1. The van der Waals surface area contributed by atoms with Crippen LogP contribution in [0.1, 0.15) is 41.4 Å². The number of hydrogen-bond acceptors (Lipinski definition) is 5. The van der Waals surface area contributed by atoms with Crippen LogP contribution in [-0.4, -0.2) is 29.7 Å². The molecule has 0 radical (unpaired) electrons. The van der Waals surface area contributed by atoms with E-state index in [1.165, 1.54) is 6.07 Å². The van der Waals surface area contributed by atoms with Crippen molar-refractivity contribution in [2.45, 2.75) is 39.7 Å². The zero-order chi connectivity index (χ0) is 20.1. The number of esters is 1. The molecule has 1 amide bonds. The molecule has 0 atom stereocenters. The van der Waals surface area contributed by atoms with Gasteiger partial charge in [-0.2, -0.15) is 0 Å². The number of rotatable bonds is 6. The number of aryl methyl sites for hydroxylation is 1. The fraction of sp³-hybridized carbons (Fsp3) is 0.381. The Labute approximate surface area is 163 Å². The summed E-state index contributed by atoms with van der Waals surface area (Å²) in [6.07, 6.45) is 2.38. The fourth-order valence-electron chi connectivity index (χ4n) is 3.25. The Balaban J connectivity index is 1.77. The topological polar surface area (TPSA) is 86.6 Å². The van der Waals surface area contributed by atoms with Crippen molar-refractivity contribution in [2.75, 3.05) is 18.5 Å². The summed E-state index contributed by atoms with van der Waals surface area (Å²) in [5.74, 6) is -0.635. The van der Waals surface area contributed by atoms with Crippen LogP contribution >= 0.6 is 0 Å². The summed E-state index contributed by atoms with van der Waals surface area (Å²) in [6.45, 7) is 4.26. The van der Waals surface area contributed by atoms with Crippen molar-refractivity contribution in [3.8, 4) is 5.88 Å². The summed E-state index contributed by atoms with van der Waals surface area (Å²) in [6, 6.07) is 8.70. The lowest BCUT2D eigenvalue weighted by Crippen LogP contribution is -2.29. The molecule has 1 aliphatic rings. The Morgan fingerprint density at radius 1 is 1.18 bits per heavy atom. The van der Waals surface area contributed by atoms with Gasteiger partial charge in [-0.25, -0.2) is 4.79 Å². The second-order valence-corrected chi connectivity index (χ2v) is 6.70. The van der Waals surface area contributed by atoms with Crippen molar-refractivity contribution in [1.82, 2.24) is 4.57 Å². The second kappa shape index (κ2) is 8.73. The molecule has 7 nitrogen and oxygen atoms in total. The molecule has 28 heavy (non-hydrogen) atoms. The summed E-state index contributed by atoms with van der Waals surface area (Å²) in [5, 5.41) is 2.75. The average molecular weight is 384 g/mol. The normalized spacial score (nSPS) is 12.8. The molecule has 0 unspecified atom stereocenters. The summed E-state index contributed by atoms with van der Waals surface area (Å²) in [7, 11) is 0. The summed E-state index contributed by atoms with van der Waals surface area (Å²) in [5.41, 5.74) is 2.02. The van der Waals surface area contributed by atoms with E-state index in [0.717, 1.165) is 18.4 Å². The van der Waals surface area contributed by atoms with Crippen LogP contribution in [0.2, 0.25) is 0 Å². The first-order valence-corrected chi connectivity index (χ1v) is 9.42. The van der Waals surface area contributed by atoms with E-state index < -0.39 is 11.4 Å². The quantitative estimate of drug-likeness (QED) is 0.774. The maximum absolute atomic E-state index is 12.5. The van der Waals surface area contributed by atoms with Gasteiger partial charge in [0.25, 0.3) is 5.91 Å². The van der Waals surface area contributed by atoms with E-state index >= 15 is 0 Å². The number of ether oxygens (including phenoxy) is 2. The molecule has 3 rings (SSSR count). The van der Waals surface area contributed by atoms with Crippen LogP contribution in [0.4, 0.5) is 5.69 Å². The molecule has 1 aromatic carbocycles. The van der Waals surface area contributed by atoms with Crippen LogP contribution in [0.15, 0.2) is 35.1 Å². The molecule has 0 saturated carbocycles. The van der Waals surface area contributed by atoms with Crippen molar-refractivity contribution in [3.63, 3.8) is 0 Å². The van der Waals surface area contributed by atoms with Crippen LogP contribution in [0, 0.1) is 6.92 Å². The van der Waals surface area contributed by atoms with Gasteiger partial charge in [-0.15, -0.1) is 0 Å². The third kappa shape index (κ3) is 4.42. The molecule has 2 aromatic rings. The Bertz CT molecular complexity index is 931. The van der Waals surface area contributed by atoms with Crippen LogP contribution in [-0.2, 0) is 22.5 Å². The zero-order valence-corrected chi connectivity index (χ0v) is 16.1. The molecule has 1 aliphatic heterocycles. The molecule has 7 heteroatoms. The maximum Gasteiger partial charge on any atom is 0.343 e. The number of pyridine rings is 1. The van der Waals surface area contributed by atoms with Crippen LogP contribution in [0.5, 0.6) is 5.88 Å². The number of carbonyl (C=O) groups excluding carboxylic acids is 2. The minimum Gasteiger partial charge on any atom is -0.469 e. The molecule has 0 aliphatic carbocycles. The van der Waals surface area contributed by atoms with Crippen molar-refractivity contribution >= 4 is 17.6 Å². The van der Waals surface area contributed by atoms with Gasteiger partial charge in [0.15, 0.2) is 17.9 Å². The number of anilines is 1. The molecule has 0 spiro atoms. The van der Waals surface area contributed by atoms with Gasteiger partial charge in [-0.3, -0.25) is 9.59 Å². The number of aromatic nitrogens is 1. The Morgan fingerprint density at radius 2 is 1.93 bits per heavy atom. The third-order valence-corrected chi connectivity index (χ3v) is 4.59. The van der Waals surface area contributed by atoms with Crippen LogP contribution in [0.25, 0.3) is 0 Å². The highest BCUT2D eigenvalue weighted by molar-refractivity contribution is 5.92. The number of hydrogen-bond donors (Lipinski definition) is 1. The van der Waals surface area contributed by atoms with Gasteiger partial charge in [-0.05, 0) is 45.2 Å². The Hall–Kier alpha value is -3.09. The molecular weight excluding hydrogens is 360 g/mol. The highest BCUT2D eigenvalue weighted by atomic mass is 16.5. The molecule has 2 heterocycles. The van der Waals surface area contributed by atoms with E-state index in [1.807, 2.05) is 31.2 Å². The van der Waals surface area contributed by atoms with Crippen molar-refractivity contribution < 1.29 is 19.1 Å². The van der Waals surface area contributed by atoms with E-state index in [4.69, 9.17) is 9.47 Å². The second-order valence-electron chi connectivity index (χ2n) is 6.70. The smallest absolute Gasteiger partial charge is 0.343 e. The van der Waals surface area contributed by atoms with E-state index in [0.29, 0.717) is 30.2 Å². The van der Waals surface area contributed by atoms with E-state index in [9.17, 15) is 14.4 Å². The first-order chi connectivity index (χ1) is 13.5. The lowest BCUT2D eigenvalue weighted by molar-refractivity contribution is -0.118. The Morgan fingerprint density at radius 3 is 2.64 bits per heavy atom. The molecule has 1 aromatic heterocycles. The lowest BCUT2D eigenvalue weighted by atomic mass is 10.0. The molecule has 1 N–H and O–H groups in total. The van der Waals surface area contributed by atoms with Gasteiger partial charge in [0.1, 0.15) is 5.56 Å². The summed E-state index contributed by atoms with van der Waals surface area (Å²) < 4.78 is 12.5. The van der Waals surface area contributed by atoms with E-state index in [1.54, 1.807) is 11.5 Å². The minimum atomic E-state index is -0.609. The number of fused-ring (bicyclic) bond motifs is 1. The largest absolute Gasteiger partial charge is 0.469 e. The monoisotopic (exact) mass is 384 g/mol. The van der Waals surface area contributed by atoms with Crippen molar-refractivity contribution in [1.29, 1.82) is 0 Å². The van der Waals surface area contributed by atoms with Gasteiger partial charge >= 0.3 is 5.97 Å². The maximum atomic E-state index is 12.5. The highest BCUT2D eigenvalue weighted by Crippen LogP contribution is 2.23. The minimum absolute atomic E-state index is 0.0676. The van der Waals surface area contributed by atoms with Crippen molar-refractivity contribution in [2.24, 2.45) is 0 Å². The first-order valence-electron chi connectivity index (χ1n) is 9.42.